The Balaban J connectivity index is 1.45. The minimum atomic E-state index is -3.57. The number of carbonyl (C=O) groups excluding carboxylic acids is 1. The summed E-state index contributed by atoms with van der Waals surface area (Å²) >= 11 is 1.67. The summed E-state index contributed by atoms with van der Waals surface area (Å²) in [7, 11) is -3.57. The minimum absolute atomic E-state index is 0.0193. The van der Waals surface area contributed by atoms with Crippen LogP contribution in [0.4, 0.5) is 0 Å². The molecule has 1 aromatic carbocycles. The maximum atomic E-state index is 13.0. The molecule has 7 heteroatoms. The molecule has 1 saturated carbocycles. The molecule has 1 aliphatic carbocycles. The third-order valence-corrected chi connectivity index (χ3v) is 8.49. The Morgan fingerprint density at radius 1 is 1.18 bits per heavy atom. The van der Waals surface area contributed by atoms with Crippen LogP contribution < -0.4 is 5.32 Å². The van der Waals surface area contributed by atoms with Crippen LogP contribution in [-0.2, 0) is 14.8 Å². The first-order valence-electron chi connectivity index (χ1n) is 9.86. The standard InChI is InChI=1S/C21H26N2O3S2/c1-15-6-10-18(11-7-15)28(25,26)23-12-2-4-17(14-23)21(24)22-20(16-8-9-16)19-5-3-13-27-19/h3,5-7,10-11,13,16-17,20H,2,4,8-9,12,14H2,1H3,(H,22,24). The van der Waals surface area contributed by atoms with Crippen LogP contribution in [0.15, 0.2) is 46.7 Å². The molecule has 1 amide bonds. The van der Waals surface area contributed by atoms with Gasteiger partial charge in [-0.25, -0.2) is 8.42 Å². The summed E-state index contributed by atoms with van der Waals surface area (Å²) in [5.41, 5.74) is 1.02. The molecule has 0 bridgehead atoms. The lowest BCUT2D eigenvalue weighted by Crippen LogP contribution is -2.46. The third kappa shape index (κ3) is 4.16. The van der Waals surface area contributed by atoms with Crippen molar-refractivity contribution in [2.24, 2.45) is 11.8 Å². The number of carbonyl (C=O) groups is 1. The topological polar surface area (TPSA) is 66.5 Å². The predicted octanol–water partition coefficient (Wildman–Crippen LogP) is 3.72. The van der Waals surface area contributed by atoms with Crippen LogP contribution in [0.25, 0.3) is 0 Å². The van der Waals surface area contributed by atoms with Crippen molar-refractivity contribution in [2.45, 2.75) is 43.5 Å². The Morgan fingerprint density at radius 2 is 1.93 bits per heavy atom. The molecule has 2 aliphatic rings. The van der Waals surface area contributed by atoms with Crippen molar-refractivity contribution < 1.29 is 13.2 Å². The first kappa shape index (κ1) is 19.6. The van der Waals surface area contributed by atoms with E-state index in [0.29, 0.717) is 23.8 Å². The number of piperidine rings is 1. The molecule has 2 unspecified atom stereocenters. The van der Waals surface area contributed by atoms with Crippen LogP contribution in [0, 0.1) is 18.8 Å². The molecule has 150 valence electrons. The van der Waals surface area contributed by atoms with Crippen molar-refractivity contribution in [3.8, 4) is 0 Å². The highest BCUT2D eigenvalue weighted by Crippen LogP contribution is 2.42. The number of sulfonamides is 1. The van der Waals surface area contributed by atoms with Crippen molar-refractivity contribution >= 4 is 27.3 Å². The molecular formula is C21H26N2O3S2. The van der Waals surface area contributed by atoms with E-state index in [9.17, 15) is 13.2 Å². The molecule has 5 nitrogen and oxygen atoms in total. The first-order valence-corrected chi connectivity index (χ1v) is 12.2. The number of thiophene rings is 1. The number of hydrogen-bond donors (Lipinski definition) is 1. The van der Waals surface area contributed by atoms with Gasteiger partial charge in [-0.3, -0.25) is 4.79 Å². The normalized spacial score (nSPS) is 22.0. The van der Waals surface area contributed by atoms with E-state index in [1.165, 1.54) is 9.18 Å². The van der Waals surface area contributed by atoms with Gasteiger partial charge in [0.15, 0.2) is 0 Å². The Morgan fingerprint density at radius 3 is 2.57 bits per heavy atom. The molecule has 2 heterocycles. The van der Waals surface area contributed by atoms with Crippen LogP contribution in [0.3, 0.4) is 0 Å². The maximum absolute atomic E-state index is 13.0. The van der Waals surface area contributed by atoms with Gasteiger partial charge in [-0.05, 0) is 62.1 Å². The summed E-state index contributed by atoms with van der Waals surface area (Å²) in [6.07, 6.45) is 3.72. The second-order valence-electron chi connectivity index (χ2n) is 7.85. The molecule has 1 aromatic heterocycles. The minimum Gasteiger partial charge on any atom is -0.348 e. The largest absolute Gasteiger partial charge is 0.348 e. The summed E-state index contributed by atoms with van der Waals surface area (Å²) in [4.78, 5) is 14.5. The summed E-state index contributed by atoms with van der Waals surface area (Å²) in [5, 5.41) is 5.26. The Labute approximate surface area is 170 Å². The molecular weight excluding hydrogens is 392 g/mol. The van der Waals surface area contributed by atoms with Gasteiger partial charge in [0.05, 0.1) is 16.9 Å². The molecule has 0 radical (unpaired) electrons. The molecule has 28 heavy (non-hydrogen) atoms. The second-order valence-corrected chi connectivity index (χ2v) is 10.8. The van der Waals surface area contributed by atoms with Gasteiger partial charge in [0.25, 0.3) is 0 Å². The van der Waals surface area contributed by atoms with Crippen molar-refractivity contribution in [1.82, 2.24) is 9.62 Å². The molecule has 1 aliphatic heterocycles. The van der Waals surface area contributed by atoms with Crippen molar-refractivity contribution in [3.05, 3.63) is 52.2 Å². The van der Waals surface area contributed by atoms with Crippen LogP contribution >= 0.6 is 11.3 Å². The van der Waals surface area contributed by atoms with E-state index in [1.54, 1.807) is 23.5 Å². The first-order chi connectivity index (χ1) is 13.4. The van der Waals surface area contributed by atoms with Crippen molar-refractivity contribution in [1.29, 1.82) is 0 Å². The fourth-order valence-corrected chi connectivity index (χ4v) is 6.22. The average Bonchev–Trinajstić information content (AvgIpc) is 3.40. The lowest BCUT2D eigenvalue weighted by molar-refractivity contribution is -0.127. The summed E-state index contributed by atoms with van der Waals surface area (Å²) in [6, 6.07) is 11.1. The predicted molar refractivity (Wildman–Crippen MR) is 111 cm³/mol. The summed E-state index contributed by atoms with van der Waals surface area (Å²) < 4.78 is 27.5. The van der Waals surface area contributed by atoms with E-state index < -0.39 is 10.0 Å². The number of amides is 1. The van der Waals surface area contributed by atoms with Gasteiger partial charge in [-0.1, -0.05) is 23.8 Å². The maximum Gasteiger partial charge on any atom is 0.243 e. The second kappa shape index (κ2) is 7.97. The van der Waals surface area contributed by atoms with Crippen LogP contribution in [0.1, 0.15) is 42.2 Å². The van der Waals surface area contributed by atoms with Crippen LogP contribution in [0.2, 0.25) is 0 Å². The highest BCUT2D eigenvalue weighted by Gasteiger charge is 2.37. The van der Waals surface area contributed by atoms with Gasteiger partial charge in [0.2, 0.25) is 15.9 Å². The Kier molecular flexibility index (Phi) is 5.58. The molecule has 2 fully saturated rings. The van der Waals surface area contributed by atoms with E-state index in [4.69, 9.17) is 0 Å². The van der Waals surface area contributed by atoms with Gasteiger partial charge < -0.3 is 5.32 Å². The van der Waals surface area contributed by atoms with E-state index in [-0.39, 0.29) is 24.4 Å². The summed E-state index contributed by atoms with van der Waals surface area (Å²) in [5.74, 6) is 0.197. The molecule has 0 spiro atoms. The van der Waals surface area contributed by atoms with Gasteiger partial charge >= 0.3 is 0 Å². The molecule has 2 atom stereocenters. The smallest absolute Gasteiger partial charge is 0.243 e. The number of benzene rings is 1. The van der Waals surface area contributed by atoms with Crippen molar-refractivity contribution in [3.63, 3.8) is 0 Å². The number of hydrogen-bond acceptors (Lipinski definition) is 4. The number of nitrogens with zero attached hydrogens (tertiary/aromatic N) is 1. The van der Waals surface area contributed by atoms with Gasteiger partial charge in [0.1, 0.15) is 0 Å². The monoisotopic (exact) mass is 418 g/mol. The third-order valence-electron chi connectivity index (χ3n) is 5.65. The highest BCUT2D eigenvalue weighted by molar-refractivity contribution is 7.89. The Hall–Kier alpha value is -1.70. The van der Waals surface area contributed by atoms with E-state index in [2.05, 4.69) is 11.4 Å². The number of nitrogens with one attached hydrogen (secondary N) is 1. The van der Waals surface area contributed by atoms with Crippen LogP contribution in [-0.4, -0.2) is 31.7 Å². The number of aryl methyl sites for hydroxylation is 1. The zero-order valence-corrected chi connectivity index (χ0v) is 17.6. The van der Waals surface area contributed by atoms with Crippen molar-refractivity contribution in [2.75, 3.05) is 13.1 Å². The molecule has 2 aromatic rings. The zero-order valence-electron chi connectivity index (χ0n) is 16.0. The highest BCUT2D eigenvalue weighted by atomic mass is 32.2. The molecule has 4 rings (SSSR count). The molecule has 1 saturated heterocycles. The zero-order chi connectivity index (χ0) is 19.7. The average molecular weight is 419 g/mol. The SMILES string of the molecule is Cc1ccc(S(=O)(=O)N2CCCC(C(=O)NC(c3cccs3)C3CC3)C2)cc1. The molecule has 1 N–H and O–H groups in total. The van der Waals surface area contributed by atoms with E-state index in [1.807, 2.05) is 30.5 Å². The van der Waals surface area contributed by atoms with Crippen LogP contribution in [0.5, 0.6) is 0 Å². The summed E-state index contributed by atoms with van der Waals surface area (Å²) in [6.45, 7) is 2.66. The Bertz CT molecular complexity index is 919. The fourth-order valence-electron chi connectivity index (χ4n) is 3.82. The van der Waals surface area contributed by atoms with Gasteiger partial charge in [-0.15, -0.1) is 11.3 Å². The quantitative estimate of drug-likeness (QED) is 0.777. The van der Waals surface area contributed by atoms with Gasteiger partial charge in [-0.2, -0.15) is 4.31 Å². The number of rotatable bonds is 6. The fraction of sp³-hybridized carbons (Fsp3) is 0.476. The van der Waals surface area contributed by atoms with Gasteiger partial charge in [0, 0.05) is 18.0 Å². The van der Waals surface area contributed by atoms with E-state index in [0.717, 1.165) is 24.8 Å². The lowest BCUT2D eigenvalue weighted by Gasteiger charge is -2.32. The van der Waals surface area contributed by atoms with E-state index >= 15 is 0 Å². The lowest BCUT2D eigenvalue weighted by atomic mass is 9.98.